The third-order valence-corrected chi connectivity index (χ3v) is 1.96. The molecule has 1 saturated heterocycles. The Bertz CT molecular complexity index is 139. The Morgan fingerprint density at radius 2 is 2.09 bits per heavy atom. The summed E-state index contributed by atoms with van der Waals surface area (Å²) in [4.78, 5) is 2.49. The first-order valence-corrected chi connectivity index (χ1v) is 4.64. The summed E-state index contributed by atoms with van der Waals surface area (Å²) in [6.45, 7) is 10.5. The third-order valence-electron chi connectivity index (χ3n) is 1.96. The molecule has 0 amide bonds. The molecular formula is C10H19N. The Morgan fingerprint density at radius 3 is 2.55 bits per heavy atom. The van der Waals surface area contributed by atoms with Crippen molar-refractivity contribution in [1.82, 2.24) is 4.90 Å². The van der Waals surface area contributed by atoms with Crippen molar-refractivity contribution < 1.29 is 0 Å². The average Bonchev–Trinajstić information content (AvgIpc) is 1.82. The fourth-order valence-corrected chi connectivity index (χ4v) is 1.58. The van der Waals surface area contributed by atoms with E-state index in [0.29, 0.717) is 0 Å². The number of nitrogens with zero attached hydrogens (tertiary/aromatic N) is 1. The summed E-state index contributed by atoms with van der Waals surface area (Å²) >= 11 is 0. The summed E-state index contributed by atoms with van der Waals surface area (Å²) in [7, 11) is 0. The highest BCUT2D eigenvalue weighted by Crippen LogP contribution is 2.16. The molecule has 0 bridgehead atoms. The second-order valence-corrected chi connectivity index (χ2v) is 3.78. The summed E-state index contributed by atoms with van der Waals surface area (Å²) in [5.74, 6) is 0.730. The van der Waals surface area contributed by atoms with Crippen molar-refractivity contribution in [2.45, 2.75) is 27.2 Å². The minimum atomic E-state index is 0.730. The molecule has 1 aliphatic rings. The highest BCUT2D eigenvalue weighted by molar-refractivity contribution is 5.15. The number of allylic oxidation sites excluding steroid dienone is 1. The lowest BCUT2D eigenvalue weighted by Crippen LogP contribution is -2.40. The first-order valence-electron chi connectivity index (χ1n) is 4.64. The van der Waals surface area contributed by atoms with Crippen LogP contribution < -0.4 is 0 Å². The first-order chi connectivity index (χ1) is 5.22. The quantitative estimate of drug-likeness (QED) is 0.562. The van der Waals surface area contributed by atoms with Crippen LogP contribution in [0.4, 0.5) is 0 Å². The summed E-state index contributed by atoms with van der Waals surface area (Å²) < 4.78 is 0. The van der Waals surface area contributed by atoms with E-state index >= 15 is 0 Å². The minimum Gasteiger partial charge on any atom is -0.295 e. The maximum Gasteiger partial charge on any atom is 0.0209 e. The molecule has 0 radical (unpaired) electrons. The van der Waals surface area contributed by atoms with Crippen LogP contribution in [-0.4, -0.2) is 24.5 Å². The topological polar surface area (TPSA) is 3.24 Å². The maximum absolute atomic E-state index is 2.49. The van der Waals surface area contributed by atoms with Crippen LogP contribution in [0, 0.1) is 5.92 Å². The van der Waals surface area contributed by atoms with Crippen LogP contribution in [0.15, 0.2) is 11.6 Å². The lowest BCUT2D eigenvalue weighted by molar-refractivity contribution is 0.249. The maximum atomic E-state index is 2.49. The largest absolute Gasteiger partial charge is 0.295 e. The van der Waals surface area contributed by atoms with Crippen molar-refractivity contribution in [3.05, 3.63) is 11.6 Å². The molecule has 1 nitrogen and oxygen atoms in total. The number of likely N-dealkylation sites (tertiary alicyclic amines) is 1. The molecule has 1 heteroatoms. The summed E-state index contributed by atoms with van der Waals surface area (Å²) in [5, 5.41) is 0. The predicted octanol–water partition coefficient (Wildman–Crippen LogP) is 2.29. The molecule has 1 rings (SSSR count). The van der Waals surface area contributed by atoms with Gasteiger partial charge in [0.15, 0.2) is 0 Å². The zero-order chi connectivity index (χ0) is 8.27. The van der Waals surface area contributed by atoms with Gasteiger partial charge >= 0.3 is 0 Å². The Morgan fingerprint density at radius 1 is 1.45 bits per heavy atom. The monoisotopic (exact) mass is 153 g/mol. The van der Waals surface area contributed by atoms with Gasteiger partial charge in [-0.25, -0.2) is 0 Å². The van der Waals surface area contributed by atoms with Crippen molar-refractivity contribution in [1.29, 1.82) is 0 Å². The van der Waals surface area contributed by atoms with E-state index in [1.807, 2.05) is 0 Å². The van der Waals surface area contributed by atoms with Gasteiger partial charge in [-0.15, -0.1) is 0 Å². The van der Waals surface area contributed by atoms with E-state index < -0.39 is 0 Å². The smallest absolute Gasteiger partial charge is 0.0209 e. The van der Waals surface area contributed by atoms with E-state index in [1.165, 1.54) is 26.1 Å². The standard InChI is InChI=1S/C10H19N/c1-4-5-11-7-10(8-11)6-9(2)3/h6,9H,4-5,7-8H2,1-3H3. The fraction of sp³-hybridized carbons (Fsp3) is 0.800. The van der Waals surface area contributed by atoms with Crippen LogP contribution in [-0.2, 0) is 0 Å². The van der Waals surface area contributed by atoms with E-state index in [1.54, 1.807) is 5.57 Å². The van der Waals surface area contributed by atoms with E-state index in [4.69, 9.17) is 0 Å². The highest BCUT2D eigenvalue weighted by atomic mass is 15.2. The zero-order valence-corrected chi connectivity index (χ0v) is 7.93. The molecule has 0 N–H and O–H groups in total. The minimum absolute atomic E-state index is 0.730. The van der Waals surface area contributed by atoms with E-state index in [9.17, 15) is 0 Å². The molecule has 64 valence electrons. The second-order valence-electron chi connectivity index (χ2n) is 3.78. The van der Waals surface area contributed by atoms with Crippen LogP contribution in [0.3, 0.4) is 0 Å². The van der Waals surface area contributed by atoms with Crippen LogP contribution in [0.5, 0.6) is 0 Å². The number of hydrogen-bond donors (Lipinski definition) is 0. The number of rotatable bonds is 3. The Hall–Kier alpha value is -0.300. The molecule has 11 heavy (non-hydrogen) atoms. The summed E-state index contributed by atoms with van der Waals surface area (Å²) in [5.41, 5.74) is 1.63. The van der Waals surface area contributed by atoms with Crippen LogP contribution >= 0.6 is 0 Å². The van der Waals surface area contributed by atoms with Gasteiger partial charge in [0.1, 0.15) is 0 Å². The van der Waals surface area contributed by atoms with Gasteiger partial charge in [0, 0.05) is 13.1 Å². The van der Waals surface area contributed by atoms with Gasteiger partial charge < -0.3 is 0 Å². The molecule has 0 atom stereocenters. The molecule has 0 spiro atoms. The Kier molecular flexibility index (Phi) is 3.13. The lowest BCUT2D eigenvalue weighted by atomic mass is 10.0. The second kappa shape index (κ2) is 3.91. The third kappa shape index (κ3) is 2.66. The fourth-order valence-electron chi connectivity index (χ4n) is 1.58. The Balaban J connectivity index is 2.18. The van der Waals surface area contributed by atoms with Gasteiger partial charge in [-0.1, -0.05) is 26.8 Å². The molecule has 0 unspecified atom stereocenters. The van der Waals surface area contributed by atoms with Gasteiger partial charge in [-0.3, -0.25) is 4.90 Å². The molecule has 0 aliphatic carbocycles. The van der Waals surface area contributed by atoms with Gasteiger partial charge in [-0.2, -0.15) is 0 Å². The molecule has 0 aromatic carbocycles. The van der Waals surface area contributed by atoms with Crippen LogP contribution in [0.1, 0.15) is 27.2 Å². The van der Waals surface area contributed by atoms with Gasteiger partial charge in [0.25, 0.3) is 0 Å². The van der Waals surface area contributed by atoms with Gasteiger partial charge in [0.05, 0.1) is 0 Å². The molecule has 1 heterocycles. The highest BCUT2D eigenvalue weighted by Gasteiger charge is 2.18. The molecule has 0 saturated carbocycles. The van der Waals surface area contributed by atoms with Crippen LogP contribution in [0.2, 0.25) is 0 Å². The van der Waals surface area contributed by atoms with Crippen molar-refractivity contribution in [2.24, 2.45) is 5.92 Å². The molecular weight excluding hydrogens is 134 g/mol. The average molecular weight is 153 g/mol. The van der Waals surface area contributed by atoms with Crippen LogP contribution in [0.25, 0.3) is 0 Å². The lowest BCUT2D eigenvalue weighted by Gasteiger charge is -2.34. The van der Waals surface area contributed by atoms with Crippen molar-refractivity contribution in [3.63, 3.8) is 0 Å². The normalized spacial score (nSPS) is 18.7. The first kappa shape index (κ1) is 8.79. The zero-order valence-electron chi connectivity index (χ0n) is 7.93. The van der Waals surface area contributed by atoms with E-state index in [0.717, 1.165) is 5.92 Å². The van der Waals surface area contributed by atoms with Gasteiger partial charge in [-0.05, 0) is 24.5 Å². The Labute approximate surface area is 70.1 Å². The molecule has 0 aromatic rings. The molecule has 1 aliphatic heterocycles. The van der Waals surface area contributed by atoms with E-state index in [2.05, 4.69) is 31.7 Å². The van der Waals surface area contributed by atoms with Crippen molar-refractivity contribution >= 4 is 0 Å². The summed E-state index contributed by atoms with van der Waals surface area (Å²) in [6.07, 6.45) is 3.68. The summed E-state index contributed by atoms with van der Waals surface area (Å²) in [6, 6.07) is 0. The van der Waals surface area contributed by atoms with Gasteiger partial charge in [0.2, 0.25) is 0 Å². The van der Waals surface area contributed by atoms with E-state index in [-0.39, 0.29) is 0 Å². The molecule has 0 aromatic heterocycles. The number of hydrogen-bond acceptors (Lipinski definition) is 1. The van der Waals surface area contributed by atoms with Crippen molar-refractivity contribution in [2.75, 3.05) is 19.6 Å². The SMILES string of the molecule is CCCN1CC(=CC(C)C)C1. The predicted molar refractivity (Wildman–Crippen MR) is 49.7 cm³/mol. The molecule has 1 fully saturated rings. The van der Waals surface area contributed by atoms with Crippen molar-refractivity contribution in [3.8, 4) is 0 Å².